The average molecular weight is 278 g/mol. The number of carbonyl (C=O) groups is 3. The van der Waals surface area contributed by atoms with Crippen molar-refractivity contribution in [2.75, 3.05) is 19.4 Å². The van der Waals surface area contributed by atoms with E-state index in [2.05, 4.69) is 5.32 Å². The molecule has 108 valence electrons. The first-order chi connectivity index (χ1) is 9.31. The van der Waals surface area contributed by atoms with Crippen molar-refractivity contribution >= 4 is 23.5 Å². The van der Waals surface area contributed by atoms with Gasteiger partial charge in [-0.2, -0.15) is 0 Å². The fourth-order valence-corrected chi connectivity index (χ4v) is 1.57. The number of amides is 2. The van der Waals surface area contributed by atoms with Gasteiger partial charge in [0, 0.05) is 26.7 Å². The van der Waals surface area contributed by atoms with Gasteiger partial charge in [0.15, 0.2) is 6.10 Å². The Kier molecular flexibility index (Phi) is 5.25. The quantitative estimate of drug-likeness (QED) is 0.842. The van der Waals surface area contributed by atoms with E-state index in [0.29, 0.717) is 5.69 Å². The Morgan fingerprint density at radius 3 is 2.45 bits per heavy atom. The summed E-state index contributed by atoms with van der Waals surface area (Å²) in [5.74, 6) is -1.14. The third kappa shape index (κ3) is 4.38. The van der Waals surface area contributed by atoms with Crippen LogP contribution in [0.15, 0.2) is 24.3 Å². The van der Waals surface area contributed by atoms with Crippen molar-refractivity contribution in [2.24, 2.45) is 0 Å². The Morgan fingerprint density at radius 2 is 1.90 bits per heavy atom. The molecule has 6 heteroatoms. The summed E-state index contributed by atoms with van der Waals surface area (Å²) in [6, 6.07) is 6.34. The monoisotopic (exact) mass is 278 g/mol. The Morgan fingerprint density at radius 1 is 1.25 bits per heavy atom. The Hall–Kier alpha value is -2.37. The number of rotatable bonds is 4. The topological polar surface area (TPSA) is 75.7 Å². The van der Waals surface area contributed by atoms with E-state index in [0.717, 1.165) is 0 Å². The minimum absolute atomic E-state index is 0.230. The molecule has 0 fully saturated rings. The lowest BCUT2D eigenvalue weighted by Crippen LogP contribution is -2.34. The first-order valence-electron chi connectivity index (χ1n) is 6.11. The maximum atomic E-state index is 11.9. The smallest absolute Gasteiger partial charge is 0.338 e. The van der Waals surface area contributed by atoms with Gasteiger partial charge >= 0.3 is 5.97 Å². The van der Waals surface area contributed by atoms with Gasteiger partial charge in [-0.05, 0) is 25.1 Å². The highest BCUT2D eigenvalue weighted by Crippen LogP contribution is 2.12. The zero-order valence-electron chi connectivity index (χ0n) is 12.0. The van der Waals surface area contributed by atoms with Gasteiger partial charge in [-0.3, -0.25) is 9.59 Å². The van der Waals surface area contributed by atoms with E-state index >= 15 is 0 Å². The van der Waals surface area contributed by atoms with Crippen LogP contribution in [0, 0.1) is 0 Å². The number of esters is 1. The molecule has 0 aliphatic carbocycles. The summed E-state index contributed by atoms with van der Waals surface area (Å²) in [6.45, 7) is 2.89. The van der Waals surface area contributed by atoms with Crippen molar-refractivity contribution in [2.45, 2.75) is 20.0 Å². The lowest BCUT2D eigenvalue weighted by Gasteiger charge is -2.17. The number of anilines is 1. The Labute approximate surface area is 117 Å². The number of nitrogens with zero attached hydrogens (tertiary/aromatic N) is 1. The van der Waals surface area contributed by atoms with Crippen LogP contribution in [0.2, 0.25) is 0 Å². The molecule has 0 saturated carbocycles. The van der Waals surface area contributed by atoms with Gasteiger partial charge < -0.3 is 15.0 Å². The van der Waals surface area contributed by atoms with Gasteiger partial charge in [-0.15, -0.1) is 0 Å². The minimum atomic E-state index is -0.859. The predicted molar refractivity (Wildman–Crippen MR) is 74.3 cm³/mol. The summed E-state index contributed by atoms with van der Waals surface area (Å²) in [6.07, 6.45) is -0.859. The van der Waals surface area contributed by atoms with Crippen molar-refractivity contribution in [3.05, 3.63) is 29.8 Å². The predicted octanol–water partition coefficient (Wildman–Crippen LogP) is 1.28. The molecule has 20 heavy (non-hydrogen) atoms. The number of benzene rings is 1. The van der Waals surface area contributed by atoms with Gasteiger partial charge in [0.1, 0.15) is 0 Å². The summed E-state index contributed by atoms with van der Waals surface area (Å²) >= 11 is 0. The second-order valence-electron chi connectivity index (χ2n) is 4.54. The van der Waals surface area contributed by atoms with Crippen LogP contribution in [0.25, 0.3) is 0 Å². The van der Waals surface area contributed by atoms with Crippen LogP contribution < -0.4 is 5.32 Å². The van der Waals surface area contributed by atoms with E-state index in [1.54, 1.807) is 32.3 Å². The number of hydrogen-bond donors (Lipinski definition) is 1. The second-order valence-corrected chi connectivity index (χ2v) is 4.54. The summed E-state index contributed by atoms with van der Waals surface area (Å²) in [5.41, 5.74) is 0.771. The van der Waals surface area contributed by atoms with Crippen molar-refractivity contribution in [3.8, 4) is 0 Å². The SMILES string of the molecule is CC(=O)Nc1cccc(C(=O)O[C@H](C)C(=O)N(C)C)c1. The van der Waals surface area contributed by atoms with Crippen molar-refractivity contribution < 1.29 is 19.1 Å². The first kappa shape index (κ1) is 15.7. The summed E-state index contributed by atoms with van der Waals surface area (Å²) in [5, 5.41) is 2.57. The Bertz CT molecular complexity index is 526. The largest absolute Gasteiger partial charge is 0.449 e. The third-order valence-electron chi connectivity index (χ3n) is 2.49. The average Bonchev–Trinajstić information content (AvgIpc) is 2.37. The fraction of sp³-hybridized carbons (Fsp3) is 0.357. The lowest BCUT2D eigenvalue weighted by atomic mass is 10.2. The van der Waals surface area contributed by atoms with E-state index in [1.807, 2.05) is 0 Å². The molecular formula is C14H18N2O4. The van der Waals surface area contributed by atoms with Crippen LogP contribution in [0.3, 0.4) is 0 Å². The van der Waals surface area contributed by atoms with Gasteiger partial charge in [-0.25, -0.2) is 4.79 Å². The van der Waals surface area contributed by atoms with Crippen molar-refractivity contribution in [3.63, 3.8) is 0 Å². The lowest BCUT2D eigenvalue weighted by molar-refractivity contribution is -0.137. The molecule has 0 bridgehead atoms. The van der Waals surface area contributed by atoms with E-state index in [1.165, 1.54) is 24.8 Å². The molecule has 0 unspecified atom stereocenters. The van der Waals surface area contributed by atoms with Crippen molar-refractivity contribution in [1.82, 2.24) is 4.90 Å². The van der Waals surface area contributed by atoms with Crippen molar-refractivity contribution in [1.29, 1.82) is 0 Å². The van der Waals surface area contributed by atoms with Crippen LogP contribution in [0.4, 0.5) is 5.69 Å². The highest BCUT2D eigenvalue weighted by Gasteiger charge is 2.20. The number of nitrogens with one attached hydrogen (secondary N) is 1. The van der Waals surface area contributed by atoms with Gasteiger partial charge in [0.2, 0.25) is 5.91 Å². The maximum Gasteiger partial charge on any atom is 0.338 e. The van der Waals surface area contributed by atoms with Crippen LogP contribution in [-0.2, 0) is 14.3 Å². The molecule has 1 N–H and O–H groups in total. The molecular weight excluding hydrogens is 260 g/mol. The number of ether oxygens (including phenoxy) is 1. The molecule has 0 aliphatic rings. The molecule has 0 saturated heterocycles. The molecule has 6 nitrogen and oxygen atoms in total. The zero-order chi connectivity index (χ0) is 15.3. The molecule has 2 amide bonds. The highest BCUT2D eigenvalue weighted by atomic mass is 16.5. The van der Waals surface area contributed by atoms with E-state index in [9.17, 15) is 14.4 Å². The molecule has 0 aromatic heterocycles. The van der Waals surface area contributed by atoms with Gasteiger partial charge in [0.25, 0.3) is 5.91 Å². The van der Waals surface area contributed by atoms with Crippen LogP contribution in [0.5, 0.6) is 0 Å². The standard InChI is InChI=1S/C14H18N2O4/c1-9(13(18)16(3)4)20-14(19)11-6-5-7-12(8-11)15-10(2)17/h5-9H,1-4H3,(H,15,17)/t9-/m1/s1. The summed E-state index contributed by atoms with van der Waals surface area (Å²) in [4.78, 5) is 35.8. The van der Waals surface area contributed by atoms with E-state index in [4.69, 9.17) is 4.74 Å². The Balaban J connectivity index is 2.77. The van der Waals surface area contributed by atoms with Gasteiger partial charge in [0.05, 0.1) is 5.56 Å². The van der Waals surface area contributed by atoms with Crippen LogP contribution in [0.1, 0.15) is 24.2 Å². The number of likely N-dealkylation sites (N-methyl/N-ethyl adjacent to an activating group) is 1. The summed E-state index contributed by atoms with van der Waals surface area (Å²) < 4.78 is 5.08. The molecule has 0 radical (unpaired) electrons. The van der Waals surface area contributed by atoms with Gasteiger partial charge in [-0.1, -0.05) is 6.07 Å². The third-order valence-corrected chi connectivity index (χ3v) is 2.49. The zero-order valence-corrected chi connectivity index (χ0v) is 12.0. The molecule has 1 aromatic rings. The molecule has 1 rings (SSSR count). The minimum Gasteiger partial charge on any atom is -0.449 e. The number of hydrogen-bond acceptors (Lipinski definition) is 4. The molecule has 0 aliphatic heterocycles. The van der Waals surface area contributed by atoms with Crippen LogP contribution >= 0.6 is 0 Å². The molecule has 0 spiro atoms. The first-order valence-corrected chi connectivity index (χ1v) is 6.11. The molecule has 1 atom stereocenters. The second kappa shape index (κ2) is 6.70. The normalized spacial score (nSPS) is 11.4. The summed E-state index contributed by atoms with van der Waals surface area (Å²) in [7, 11) is 3.17. The van der Waals surface area contributed by atoms with Crippen LogP contribution in [-0.4, -0.2) is 42.9 Å². The molecule has 1 aromatic carbocycles. The fourth-order valence-electron chi connectivity index (χ4n) is 1.57. The van der Waals surface area contributed by atoms with E-state index < -0.39 is 12.1 Å². The van der Waals surface area contributed by atoms with E-state index in [-0.39, 0.29) is 17.4 Å². The number of carbonyl (C=O) groups excluding carboxylic acids is 3. The molecule has 0 heterocycles. The maximum absolute atomic E-state index is 11.9. The highest BCUT2D eigenvalue weighted by molar-refractivity contribution is 5.95.